The molecule has 0 aliphatic heterocycles. The Morgan fingerprint density at radius 3 is 2.23 bits per heavy atom. The number of hydrogen-bond donors (Lipinski definition) is 1. The maximum atomic E-state index is 12.1. The van der Waals surface area contributed by atoms with Crippen LogP contribution in [0.5, 0.6) is 23.0 Å². The Morgan fingerprint density at radius 1 is 1.00 bits per heavy atom. The van der Waals surface area contributed by atoms with E-state index in [2.05, 4.69) is 9.97 Å². The van der Waals surface area contributed by atoms with E-state index < -0.39 is 15.4 Å². The van der Waals surface area contributed by atoms with Crippen LogP contribution in [-0.2, 0) is 9.84 Å². The fourth-order valence-corrected chi connectivity index (χ4v) is 3.30. The summed E-state index contributed by atoms with van der Waals surface area (Å²) in [5.41, 5.74) is 0.173. The molecule has 2 aromatic carbocycles. The average Bonchev–Trinajstić information content (AvgIpc) is 2.67. The van der Waals surface area contributed by atoms with E-state index >= 15 is 0 Å². The Bertz CT molecular complexity index is 1200. The number of sulfone groups is 1. The maximum absolute atomic E-state index is 12.1. The molecule has 30 heavy (non-hydrogen) atoms. The maximum Gasteiger partial charge on any atom is 0.293 e. The van der Waals surface area contributed by atoms with Gasteiger partial charge in [-0.05, 0) is 50.2 Å². The standard InChI is InChI=1S/C21H22N2O6S/c1-13(2)28-16-9-14(20-22-12-19(27-3)21(24)23-20)10-17(11-16)29-15-5-7-18(8-6-15)30(4,25)26/h5-13H,1-4H3,(H,22,23,24). The number of aromatic nitrogens is 2. The first kappa shape index (κ1) is 21.4. The zero-order chi connectivity index (χ0) is 21.9. The number of ether oxygens (including phenoxy) is 3. The summed E-state index contributed by atoms with van der Waals surface area (Å²) in [7, 11) is -1.90. The lowest BCUT2D eigenvalue weighted by Crippen LogP contribution is -2.11. The van der Waals surface area contributed by atoms with Gasteiger partial charge in [-0.2, -0.15) is 0 Å². The topological polar surface area (TPSA) is 108 Å². The third kappa shape index (κ3) is 5.18. The lowest BCUT2D eigenvalue weighted by molar-refractivity contribution is 0.241. The van der Waals surface area contributed by atoms with Crippen molar-refractivity contribution < 1.29 is 22.6 Å². The van der Waals surface area contributed by atoms with Gasteiger partial charge in [0.25, 0.3) is 5.56 Å². The lowest BCUT2D eigenvalue weighted by Gasteiger charge is -2.14. The van der Waals surface area contributed by atoms with Gasteiger partial charge in [0.1, 0.15) is 23.1 Å². The molecular formula is C21H22N2O6S. The molecule has 0 saturated carbocycles. The predicted molar refractivity (Wildman–Crippen MR) is 112 cm³/mol. The van der Waals surface area contributed by atoms with Crippen molar-refractivity contribution >= 4 is 9.84 Å². The first-order valence-corrected chi connectivity index (χ1v) is 11.0. The van der Waals surface area contributed by atoms with E-state index in [-0.39, 0.29) is 16.7 Å². The molecule has 9 heteroatoms. The van der Waals surface area contributed by atoms with Gasteiger partial charge in [-0.1, -0.05) is 0 Å². The second-order valence-corrected chi connectivity index (χ2v) is 8.85. The third-order valence-electron chi connectivity index (χ3n) is 4.00. The van der Waals surface area contributed by atoms with Gasteiger partial charge in [-0.15, -0.1) is 0 Å². The second-order valence-electron chi connectivity index (χ2n) is 6.83. The predicted octanol–water partition coefficient (Wildman–Crippen LogP) is 3.43. The van der Waals surface area contributed by atoms with Crippen molar-refractivity contribution in [3.8, 4) is 34.4 Å². The van der Waals surface area contributed by atoms with Crippen molar-refractivity contribution in [1.82, 2.24) is 9.97 Å². The molecule has 1 heterocycles. The summed E-state index contributed by atoms with van der Waals surface area (Å²) >= 11 is 0. The van der Waals surface area contributed by atoms with E-state index in [0.29, 0.717) is 28.6 Å². The van der Waals surface area contributed by atoms with Crippen LogP contribution in [-0.4, -0.2) is 37.9 Å². The molecule has 3 rings (SSSR count). The van der Waals surface area contributed by atoms with E-state index in [1.54, 1.807) is 30.3 Å². The highest BCUT2D eigenvalue weighted by Crippen LogP contribution is 2.32. The molecule has 0 atom stereocenters. The van der Waals surface area contributed by atoms with Gasteiger partial charge in [0, 0.05) is 17.9 Å². The van der Waals surface area contributed by atoms with Crippen LogP contribution < -0.4 is 19.8 Å². The molecule has 8 nitrogen and oxygen atoms in total. The van der Waals surface area contributed by atoms with Crippen molar-refractivity contribution in [3.63, 3.8) is 0 Å². The van der Waals surface area contributed by atoms with Crippen molar-refractivity contribution in [2.24, 2.45) is 0 Å². The normalized spacial score (nSPS) is 11.4. The van der Waals surface area contributed by atoms with Crippen molar-refractivity contribution in [1.29, 1.82) is 0 Å². The van der Waals surface area contributed by atoms with Crippen LogP contribution in [0, 0.1) is 0 Å². The highest BCUT2D eigenvalue weighted by molar-refractivity contribution is 7.90. The van der Waals surface area contributed by atoms with Gasteiger partial charge in [0.2, 0.25) is 5.75 Å². The van der Waals surface area contributed by atoms with Crippen LogP contribution in [0.25, 0.3) is 11.4 Å². The number of methoxy groups -OCH3 is 1. The van der Waals surface area contributed by atoms with E-state index in [9.17, 15) is 13.2 Å². The molecule has 0 aliphatic rings. The minimum Gasteiger partial charge on any atom is -0.491 e. The first-order valence-electron chi connectivity index (χ1n) is 9.09. The van der Waals surface area contributed by atoms with Crippen LogP contribution >= 0.6 is 0 Å². The monoisotopic (exact) mass is 430 g/mol. The fourth-order valence-electron chi connectivity index (χ4n) is 2.67. The smallest absolute Gasteiger partial charge is 0.293 e. The van der Waals surface area contributed by atoms with Crippen molar-refractivity contribution in [3.05, 3.63) is 59.0 Å². The molecule has 158 valence electrons. The van der Waals surface area contributed by atoms with Crippen LogP contribution in [0.15, 0.2) is 58.4 Å². The number of benzene rings is 2. The highest BCUT2D eigenvalue weighted by Gasteiger charge is 2.12. The van der Waals surface area contributed by atoms with Gasteiger partial charge < -0.3 is 19.2 Å². The number of aromatic amines is 1. The minimum atomic E-state index is -3.29. The molecule has 3 aromatic rings. The van der Waals surface area contributed by atoms with Crippen molar-refractivity contribution in [2.75, 3.05) is 13.4 Å². The average molecular weight is 430 g/mol. The number of nitrogens with one attached hydrogen (secondary N) is 1. The molecule has 0 aliphatic carbocycles. The molecule has 1 N–H and O–H groups in total. The van der Waals surface area contributed by atoms with Crippen molar-refractivity contribution in [2.45, 2.75) is 24.8 Å². The number of hydrogen-bond acceptors (Lipinski definition) is 7. The van der Waals surface area contributed by atoms with E-state index in [1.165, 1.54) is 25.4 Å². The van der Waals surface area contributed by atoms with Gasteiger partial charge in [0.05, 0.1) is 24.3 Å². The van der Waals surface area contributed by atoms with Crippen LogP contribution in [0.3, 0.4) is 0 Å². The Morgan fingerprint density at radius 2 is 1.67 bits per heavy atom. The third-order valence-corrected chi connectivity index (χ3v) is 5.13. The summed E-state index contributed by atoms with van der Waals surface area (Å²) < 4.78 is 39.9. The molecule has 0 saturated heterocycles. The number of nitrogens with zero attached hydrogens (tertiary/aromatic N) is 1. The van der Waals surface area contributed by atoms with Crippen LogP contribution in [0.1, 0.15) is 13.8 Å². The molecule has 0 unspecified atom stereocenters. The van der Waals surface area contributed by atoms with Crippen LogP contribution in [0.2, 0.25) is 0 Å². The fraction of sp³-hybridized carbons (Fsp3) is 0.238. The zero-order valence-corrected chi connectivity index (χ0v) is 17.8. The quantitative estimate of drug-likeness (QED) is 0.612. The van der Waals surface area contributed by atoms with Gasteiger partial charge in [-0.3, -0.25) is 4.79 Å². The van der Waals surface area contributed by atoms with Gasteiger partial charge in [-0.25, -0.2) is 13.4 Å². The summed E-state index contributed by atoms with van der Waals surface area (Å²) in [6.45, 7) is 3.79. The van der Waals surface area contributed by atoms with Gasteiger partial charge in [0.15, 0.2) is 9.84 Å². The zero-order valence-electron chi connectivity index (χ0n) is 17.0. The molecular weight excluding hydrogens is 408 g/mol. The Labute approximate surface area is 174 Å². The van der Waals surface area contributed by atoms with Gasteiger partial charge >= 0.3 is 0 Å². The summed E-state index contributed by atoms with van der Waals surface area (Å²) in [4.78, 5) is 19.2. The van der Waals surface area contributed by atoms with Crippen LogP contribution in [0.4, 0.5) is 0 Å². The SMILES string of the molecule is COc1cnc(-c2cc(Oc3ccc(S(C)(=O)=O)cc3)cc(OC(C)C)c2)[nH]c1=O. The summed E-state index contributed by atoms with van der Waals surface area (Å²) in [5, 5.41) is 0. The largest absolute Gasteiger partial charge is 0.491 e. The van der Waals surface area contributed by atoms with E-state index in [1.807, 2.05) is 13.8 Å². The Hall–Kier alpha value is -3.33. The molecule has 0 amide bonds. The molecule has 0 bridgehead atoms. The second kappa shape index (κ2) is 8.58. The Balaban J connectivity index is 1.98. The molecule has 0 radical (unpaired) electrons. The minimum absolute atomic E-state index is 0.0787. The number of rotatable bonds is 7. The highest BCUT2D eigenvalue weighted by atomic mass is 32.2. The summed E-state index contributed by atoms with van der Waals surface area (Å²) in [6, 6.07) is 11.2. The summed E-state index contributed by atoms with van der Waals surface area (Å²) in [6.07, 6.45) is 2.41. The van der Waals surface area contributed by atoms with E-state index in [4.69, 9.17) is 14.2 Å². The lowest BCUT2D eigenvalue weighted by atomic mass is 10.2. The molecule has 0 fully saturated rings. The Kier molecular flexibility index (Phi) is 6.12. The van der Waals surface area contributed by atoms with E-state index in [0.717, 1.165) is 6.26 Å². The summed E-state index contributed by atoms with van der Waals surface area (Å²) in [5.74, 6) is 1.85. The number of H-pyrrole nitrogens is 1. The molecule has 0 spiro atoms. The molecule has 1 aromatic heterocycles. The first-order chi connectivity index (χ1) is 14.2.